The van der Waals surface area contributed by atoms with Crippen molar-refractivity contribution >= 4 is 5.91 Å². The summed E-state index contributed by atoms with van der Waals surface area (Å²) < 4.78 is 0. The van der Waals surface area contributed by atoms with Gasteiger partial charge in [-0.05, 0) is 18.8 Å². The predicted octanol–water partition coefficient (Wildman–Crippen LogP) is 1.31. The molecule has 0 radical (unpaired) electrons. The highest BCUT2D eigenvalue weighted by molar-refractivity contribution is 5.76. The van der Waals surface area contributed by atoms with Gasteiger partial charge in [0.15, 0.2) is 0 Å². The van der Waals surface area contributed by atoms with Crippen molar-refractivity contribution in [2.75, 3.05) is 13.2 Å². The van der Waals surface area contributed by atoms with Gasteiger partial charge in [0, 0.05) is 18.4 Å². The van der Waals surface area contributed by atoms with Crippen LogP contribution in [0.2, 0.25) is 0 Å². The summed E-state index contributed by atoms with van der Waals surface area (Å²) in [6.45, 7) is 4.92. The zero-order valence-electron chi connectivity index (χ0n) is 9.18. The van der Waals surface area contributed by atoms with E-state index in [1.807, 2.05) is 13.8 Å². The topological polar surface area (TPSA) is 49.3 Å². The van der Waals surface area contributed by atoms with Gasteiger partial charge in [0.2, 0.25) is 5.91 Å². The molecular weight excluding hydrogens is 178 g/mol. The Morgan fingerprint density at radius 2 is 2.14 bits per heavy atom. The van der Waals surface area contributed by atoms with Crippen molar-refractivity contribution in [3.63, 3.8) is 0 Å². The van der Waals surface area contributed by atoms with Crippen molar-refractivity contribution in [1.29, 1.82) is 0 Å². The highest BCUT2D eigenvalue weighted by atomic mass is 16.3. The second-order valence-corrected chi connectivity index (χ2v) is 4.89. The van der Waals surface area contributed by atoms with E-state index >= 15 is 0 Å². The van der Waals surface area contributed by atoms with E-state index in [0.717, 1.165) is 12.8 Å². The van der Waals surface area contributed by atoms with Gasteiger partial charge >= 0.3 is 0 Å². The second kappa shape index (κ2) is 4.78. The van der Waals surface area contributed by atoms with Crippen LogP contribution in [0.3, 0.4) is 0 Å². The molecule has 1 rings (SSSR count). The first-order valence-corrected chi connectivity index (χ1v) is 5.45. The minimum Gasteiger partial charge on any atom is -0.396 e. The number of carbonyl (C=O) groups is 1. The Balaban J connectivity index is 2.22. The van der Waals surface area contributed by atoms with Gasteiger partial charge in [0.1, 0.15) is 0 Å². The quantitative estimate of drug-likeness (QED) is 0.701. The largest absolute Gasteiger partial charge is 0.396 e. The number of rotatable bonds is 5. The summed E-state index contributed by atoms with van der Waals surface area (Å²) >= 11 is 0. The van der Waals surface area contributed by atoms with E-state index in [9.17, 15) is 9.90 Å². The van der Waals surface area contributed by atoms with E-state index in [4.69, 9.17) is 0 Å². The summed E-state index contributed by atoms with van der Waals surface area (Å²) in [6.07, 6.45) is 3.86. The van der Waals surface area contributed by atoms with Gasteiger partial charge in [0.25, 0.3) is 0 Å². The van der Waals surface area contributed by atoms with Gasteiger partial charge in [-0.25, -0.2) is 0 Å². The minimum absolute atomic E-state index is 0.00659. The Morgan fingerprint density at radius 1 is 1.50 bits per heavy atom. The van der Waals surface area contributed by atoms with E-state index in [0.29, 0.717) is 18.9 Å². The molecule has 14 heavy (non-hydrogen) atoms. The second-order valence-electron chi connectivity index (χ2n) is 4.89. The van der Waals surface area contributed by atoms with Crippen LogP contribution < -0.4 is 5.32 Å². The highest BCUT2D eigenvalue weighted by Gasteiger charge is 2.36. The summed E-state index contributed by atoms with van der Waals surface area (Å²) in [7, 11) is 0. The van der Waals surface area contributed by atoms with Gasteiger partial charge in [-0.1, -0.05) is 20.3 Å². The molecule has 0 aromatic carbocycles. The van der Waals surface area contributed by atoms with Crippen LogP contribution in [0.25, 0.3) is 0 Å². The van der Waals surface area contributed by atoms with Crippen LogP contribution >= 0.6 is 0 Å². The molecule has 3 nitrogen and oxygen atoms in total. The molecule has 1 aliphatic carbocycles. The van der Waals surface area contributed by atoms with Crippen LogP contribution in [-0.2, 0) is 4.79 Å². The molecular formula is C11H21NO2. The number of hydrogen-bond donors (Lipinski definition) is 2. The van der Waals surface area contributed by atoms with E-state index in [1.165, 1.54) is 6.42 Å². The first kappa shape index (κ1) is 11.5. The molecule has 0 bridgehead atoms. The van der Waals surface area contributed by atoms with Crippen LogP contribution in [0.1, 0.15) is 39.5 Å². The monoisotopic (exact) mass is 199 g/mol. The lowest BCUT2D eigenvalue weighted by Crippen LogP contribution is -2.44. The van der Waals surface area contributed by atoms with Gasteiger partial charge in [-0.2, -0.15) is 0 Å². The first-order valence-electron chi connectivity index (χ1n) is 5.45. The van der Waals surface area contributed by atoms with Crippen molar-refractivity contribution in [3.05, 3.63) is 0 Å². The van der Waals surface area contributed by atoms with Gasteiger partial charge in [-0.3, -0.25) is 4.79 Å². The third-order valence-electron chi connectivity index (χ3n) is 3.00. The van der Waals surface area contributed by atoms with Crippen LogP contribution in [0.4, 0.5) is 0 Å². The highest BCUT2D eigenvalue weighted by Crippen LogP contribution is 2.39. The fourth-order valence-corrected chi connectivity index (χ4v) is 1.80. The molecule has 0 atom stereocenters. The molecule has 82 valence electrons. The molecule has 1 saturated carbocycles. The van der Waals surface area contributed by atoms with Gasteiger partial charge in [0.05, 0.1) is 6.61 Å². The Labute approximate surface area is 85.9 Å². The zero-order chi connectivity index (χ0) is 10.6. The standard InChI is InChI=1S/C11H21NO2/c1-9(2)6-10(14)12-7-11(8-13)4-3-5-11/h9,13H,3-8H2,1-2H3,(H,12,14). The molecule has 0 spiro atoms. The molecule has 1 fully saturated rings. The summed E-state index contributed by atoms with van der Waals surface area (Å²) in [5, 5.41) is 12.1. The maximum Gasteiger partial charge on any atom is 0.220 e. The average molecular weight is 199 g/mol. The smallest absolute Gasteiger partial charge is 0.220 e. The van der Waals surface area contributed by atoms with E-state index < -0.39 is 0 Å². The Hall–Kier alpha value is -0.570. The predicted molar refractivity (Wildman–Crippen MR) is 55.8 cm³/mol. The van der Waals surface area contributed by atoms with Gasteiger partial charge < -0.3 is 10.4 Å². The number of hydrogen-bond acceptors (Lipinski definition) is 2. The van der Waals surface area contributed by atoms with Crippen LogP contribution in [0.15, 0.2) is 0 Å². The fourth-order valence-electron chi connectivity index (χ4n) is 1.80. The number of nitrogens with one attached hydrogen (secondary N) is 1. The summed E-state index contributed by atoms with van der Waals surface area (Å²) in [6, 6.07) is 0. The molecule has 1 aliphatic rings. The maximum absolute atomic E-state index is 11.4. The molecule has 1 amide bonds. The fraction of sp³-hybridized carbons (Fsp3) is 0.909. The third kappa shape index (κ3) is 2.98. The molecule has 2 N–H and O–H groups in total. The molecule has 3 heteroatoms. The molecule has 0 aromatic rings. The SMILES string of the molecule is CC(C)CC(=O)NCC1(CO)CCC1. The van der Waals surface area contributed by atoms with Crippen molar-refractivity contribution in [1.82, 2.24) is 5.32 Å². The molecule has 0 aromatic heterocycles. The number of aliphatic hydroxyl groups excluding tert-OH is 1. The molecule has 0 aliphatic heterocycles. The van der Waals surface area contributed by atoms with Crippen molar-refractivity contribution < 1.29 is 9.90 Å². The van der Waals surface area contributed by atoms with Crippen molar-refractivity contribution in [2.45, 2.75) is 39.5 Å². The first-order chi connectivity index (χ1) is 6.58. The summed E-state index contributed by atoms with van der Waals surface area (Å²) in [4.78, 5) is 11.4. The minimum atomic E-state index is 0.00659. The van der Waals surface area contributed by atoms with Crippen LogP contribution in [-0.4, -0.2) is 24.2 Å². The average Bonchev–Trinajstić information content (AvgIpc) is 2.01. The maximum atomic E-state index is 11.4. The third-order valence-corrected chi connectivity index (χ3v) is 3.00. The molecule has 0 unspecified atom stereocenters. The Kier molecular flexibility index (Phi) is 3.93. The lowest BCUT2D eigenvalue weighted by molar-refractivity contribution is -0.122. The van der Waals surface area contributed by atoms with Gasteiger partial charge in [-0.15, -0.1) is 0 Å². The zero-order valence-corrected chi connectivity index (χ0v) is 9.18. The number of carbonyl (C=O) groups excluding carboxylic acids is 1. The van der Waals surface area contributed by atoms with Crippen LogP contribution in [0, 0.1) is 11.3 Å². The van der Waals surface area contributed by atoms with Crippen LogP contribution in [0.5, 0.6) is 0 Å². The van der Waals surface area contributed by atoms with Crippen molar-refractivity contribution in [3.8, 4) is 0 Å². The normalized spacial score (nSPS) is 19.1. The van der Waals surface area contributed by atoms with Crippen molar-refractivity contribution in [2.24, 2.45) is 11.3 Å². The lowest BCUT2D eigenvalue weighted by Gasteiger charge is -2.40. The number of amides is 1. The van der Waals surface area contributed by atoms with E-state index in [2.05, 4.69) is 5.32 Å². The molecule has 0 heterocycles. The Bertz CT molecular complexity index is 192. The lowest BCUT2D eigenvalue weighted by atomic mass is 9.69. The summed E-state index contributed by atoms with van der Waals surface area (Å²) in [5.74, 6) is 0.515. The molecule has 0 saturated heterocycles. The summed E-state index contributed by atoms with van der Waals surface area (Å²) in [5.41, 5.74) is 0.00659. The Morgan fingerprint density at radius 3 is 2.50 bits per heavy atom. The number of aliphatic hydroxyl groups is 1. The van der Waals surface area contributed by atoms with E-state index in [-0.39, 0.29) is 17.9 Å². The van der Waals surface area contributed by atoms with E-state index in [1.54, 1.807) is 0 Å².